The van der Waals surface area contributed by atoms with E-state index in [0.717, 1.165) is 22.4 Å². The fourth-order valence-electron chi connectivity index (χ4n) is 2.66. The van der Waals surface area contributed by atoms with Crippen LogP contribution < -0.4 is 14.8 Å². The first-order valence-corrected chi connectivity index (χ1v) is 8.58. The molecule has 0 heterocycles. The zero-order chi connectivity index (χ0) is 18.6. The van der Waals surface area contributed by atoms with Gasteiger partial charge in [-0.05, 0) is 57.0 Å². The summed E-state index contributed by atoms with van der Waals surface area (Å²) in [6.45, 7) is 7.47. The predicted molar refractivity (Wildman–Crippen MR) is 101 cm³/mol. The van der Waals surface area contributed by atoms with E-state index >= 15 is 0 Å². The highest BCUT2D eigenvalue weighted by Crippen LogP contribution is 2.27. The minimum absolute atomic E-state index is 0.191. The number of benzene rings is 2. The molecule has 0 saturated carbocycles. The summed E-state index contributed by atoms with van der Waals surface area (Å²) in [4.78, 5) is 12.5. The number of nitrogens with one attached hydrogen (secondary N) is 1. The normalized spacial score (nSPS) is 13.0. The molecule has 5 heteroatoms. The molecule has 0 fully saturated rings. The summed E-state index contributed by atoms with van der Waals surface area (Å²) in [5.41, 5.74) is 2.77. The Morgan fingerprint density at radius 1 is 1.12 bits per heavy atom. The second-order valence-electron chi connectivity index (χ2n) is 6.10. The van der Waals surface area contributed by atoms with Crippen molar-refractivity contribution in [2.75, 3.05) is 7.11 Å². The third kappa shape index (κ3) is 4.67. The van der Waals surface area contributed by atoms with Crippen molar-refractivity contribution in [2.45, 2.75) is 39.8 Å². The van der Waals surface area contributed by atoms with Crippen molar-refractivity contribution in [3.63, 3.8) is 0 Å². The number of amides is 1. The molecule has 1 N–H and O–H groups in total. The molecule has 2 aromatic rings. The van der Waals surface area contributed by atoms with E-state index in [1.165, 1.54) is 0 Å². The van der Waals surface area contributed by atoms with Crippen LogP contribution in [0.25, 0.3) is 0 Å². The molecule has 0 aromatic heterocycles. The van der Waals surface area contributed by atoms with E-state index in [0.29, 0.717) is 10.8 Å². The summed E-state index contributed by atoms with van der Waals surface area (Å²) in [7, 11) is 1.62. The average molecular weight is 362 g/mol. The summed E-state index contributed by atoms with van der Waals surface area (Å²) >= 11 is 6.17. The maximum absolute atomic E-state index is 12.5. The van der Waals surface area contributed by atoms with Gasteiger partial charge in [0.1, 0.15) is 11.5 Å². The van der Waals surface area contributed by atoms with Gasteiger partial charge in [-0.3, -0.25) is 4.79 Å². The maximum Gasteiger partial charge on any atom is 0.261 e. The smallest absolute Gasteiger partial charge is 0.261 e. The fourth-order valence-corrected chi connectivity index (χ4v) is 2.77. The van der Waals surface area contributed by atoms with E-state index in [2.05, 4.69) is 5.32 Å². The number of halogens is 1. The van der Waals surface area contributed by atoms with Gasteiger partial charge in [-0.25, -0.2) is 0 Å². The second kappa shape index (κ2) is 8.26. The predicted octanol–water partition coefficient (Wildman–Crippen LogP) is 4.61. The standard InChI is InChI=1S/C20H24ClNO3/c1-12-10-16(11-13(2)19(12)21)25-15(4)20(23)22-14(3)17-8-6-7-9-18(17)24-5/h6-11,14-15H,1-5H3,(H,22,23)/t14-,15+/m0/s1. The third-order valence-electron chi connectivity index (χ3n) is 4.06. The van der Waals surface area contributed by atoms with Crippen LogP contribution in [0.3, 0.4) is 0 Å². The van der Waals surface area contributed by atoms with Gasteiger partial charge in [0.15, 0.2) is 6.10 Å². The van der Waals surface area contributed by atoms with Gasteiger partial charge >= 0.3 is 0 Å². The van der Waals surface area contributed by atoms with Crippen molar-refractivity contribution in [1.29, 1.82) is 0 Å². The summed E-state index contributed by atoms with van der Waals surface area (Å²) in [6.07, 6.45) is -0.628. The van der Waals surface area contributed by atoms with Crippen molar-refractivity contribution < 1.29 is 14.3 Å². The molecular weight excluding hydrogens is 338 g/mol. The molecule has 1 amide bonds. The van der Waals surface area contributed by atoms with Gasteiger partial charge < -0.3 is 14.8 Å². The molecule has 0 aliphatic carbocycles. The van der Waals surface area contributed by atoms with Crippen molar-refractivity contribution in [3.8, 4) is 11.5 Å². The Balaban J connectivity index is 2.05. The lowest BCUT2D eigenvalue weighted by atomic mass is 10.1. The van der Waals surface area contributed by atoms with Crippen LogP contribution in [-0.4, -0.2) is 19.1 Å². The molecule has 0 spiro atoms. The Hall–Kier alpha value is -2.20. The lowest BCUT2D eigenvalue weighted by Gasteiger charge is -2.21. The first-order valence-electron chi connectivity index (χ1n) is 8.20. The van der Waals surface area contributed by atoms with Crippen LogP contribution >= 0.6 is 11.6 Å². The van der Waals surface area contributed by atoms with Gasteiger partial charge in [-0.1, -0.05) is 29.8 Å². The number of rotatable bonds is 6. The number of hydrogen-bond acceptors (Lipinski definition) is 3. The molecule has 134 valence electrons. The highest BCUT2D eigenvalue weighted by Gasteiger charge is 2.20. The van der Waals surface area contributed by atoms with E-state index in [4.69, 9.17) is 21.1 Å². The van der Waals surface area contributed by atoms with Gasteiger partial charge in [0.25, 0.3) is 5.91 Å². The molecule has 0 unspecified atom stereocenters. The Bertz CT molecular complexity index is 737. The summed E-state index contributed by atoms with van der Waals surface area (Å²) in [6, 6.07) is 11.1. The number of carbonyl (C=O) groups is 1. The fraction of sp³-hybridized carbons (Fsp3) is 0.350. The summed E-state index contributed by atoms with van der Waals surface area (Å²) in [5, 5.41) is 3.68. The topological polar surface area (TPSA) is 47.6 Å². The maximum atomic E-state index is 12.5. The highest BCUT2D eigenvalue weighted by molar-refractivity contribution is 6.32. The first-order chi connectivity index (χ1) is 11.8. The SMILES string of the molecule is COc1ccccc1[C@H](C)NC(=O)[C@@H](C)Oc1cc(C)c(Cl)c(C)c1. The molecule has 0 radical (unpaired) electrons. The molecule has 4 nitrogen and oxygen atoms in total. The largest absolute Gasteiger partial charge is 0.496 e. The van der Waals surface area contributed by atoms with Crippen molar-refractivity contribution in [3.05, 3.63) is 58.1 Å². The van der Waals surface area contributed by atoms with Crippen LogP contribution in [0.2, 0.25) is 5.02 Å². The Kier molecular flexibility index (Phi) is 6.32. The summed E-state index contributed by atoms with van der Waals surface area (Å²) < 4.78 is 11.1. The van der Waals surface area contributed by atoms with E-state index in [-0.39, 0.29) is 11.9 Å². The van der Waals surface area contributed by atoms with Gasteiger partial charge in [0, 0.05) is 10.6 Å². The van der Waals surface area contributed by atoms with Crippen molar-refractivity contribution in [1.82, 2.24) is 5.32 Å². The van der Waals surface area contributed by atoms with Crippen molar-refractivity contribution in [2.24, 2.45) is 0 Å². The van der Waals surface area contributed by atoms with Crippen LogP contribution in [0.1, 0.15) is 36.6 Å². The highest BCUT2D eigenvalue weighted by atomic mass is 35.5. The molecule has 2 aromatic carbocycles. The van der Waals surface area contributed by atoms with E-state index in [1.807, 2.05) is 57.2 Å². The Morgan fingerprint density at radius 2 is 1.72 bits per heavy atom. The zero-order valence-corrected chi connectivity index (χ0v) is 16.0. The molecule has 0 aliphatic heterocycles. The zero-order valence-electron chi connectivity index (χ0n) is 15.2. The lowest BCUT2D eigenvalue weighted by Crippen LogP contribution is -2.37. The van der Waals surface area contributed by atoms with Crippen LogP contribution in [0.15, 0.2) is 36.4 Å². The average Bonchev–Trinajstić information content (AvgIpc) is 2.59. The number of ether oxygens (including phenoxy) is 2. The number of aryl methyl sites for hydroxylation is 2. The summed E-state index contributed by atoms with van der Waals surface area (Å²) in [5.74, 6) is 1.18. The van der Waals surface area contributed by atoms with Crippen LogP contribution in [0.5, 0.6) is 11.5 Å². The molecular formula is C20H24ClNO3. The number of hydrogen-bond donors (Lipinski definition) is 1. The van der Waals surface area contributed by atoms with Crippen LogP contribution in [0.4, 0.5) is 0 Å². The van der Waals surface area contributed by atoms with E-state index < -0.39 is 6.10 Å². The Morgan fingerprint density at radius 3 is 2.32 bits per heavy atom. The minimum Gasteiger partial charge on any atom is -0.496 e. The molecule has 0 saturated heterocycles. The molecule has 2 atom stereocenters. The van der Waals surface area contributed by atoms with Gasteiger partial charge in [0.05, 0.1) is 13.2 Å². The Labute approximate surface area is 154 Å². The third-order valence-corrected chi connectivity index (χ3v) is 4.65. The molecule has 25 heavy (non-hydrogen) atoms. The first kappa shape index (κ1) is 19.1. The van der Waals surface area contributed by atoms with Crippen LogP contribution in [0, 0.1) is 13.8 Å². The van der Waals surface area contributed by atoms with Crippen molar-refractivity contribution >= 4 is 17.5 Å². The molecule has 0 aliphatic rings. The van der Waals surface area contributed by atoms with E-state index in [9.17, 15) is 4.79 Å². The monoisotopic (exact) mass is 361 g/mol. The lowest BCUT2D eigenvalue weighted by molar-refractivity contribution is -0.127. The number of para-hydroxylation sites is 1. The van der Waals surface area contributed by atoms with Gasteiger partial charge in [-0.15, -0.1) is 0 Å². The number of carbonyl (C=O) groups excluding carboxylic acids is 1. The minimum atomic E-state index is -0.628. The van der Waals surface area contributed by atoms with Gasteiger partial charge in [0.2, 0.25) is 0 Å². The molecule has 0 bridgehead atoms. The second-order valence-corrected chi connectivity index (χ2v) is 6.48. The van der Waals surface area contributed by atoms with Crippen LogP contribution in [-0.2, 0) is 4.79 Å². The molecule has 2 rings (SSSR count). The van der Waals surface area contributed by atoms with E-state index in [1.54, 1.807) is 14.0 Å². The quantitative estimate of drug-likeness (QED) is 0.817. The van der Waals surface area contributed by atoms with Gasteiger partial charge in [-0.2, -0.15) is 0 Å². The number of methoxy groups -OCH3 is 1.